The number of hydrogen-bond donors (Lipinski definition) is 3. The lowest BCUT2D eigenvalue weighted by molar-refractivity contribution is -0.121. The van der Waals surface area contributed by atoms with Gasteiger partial charge in [0.1, 0.15) is 6.54 Å². The van der Waals surface area contributed by atoms with Crippen molar-refractivity contribution in [3.63, 3.8) is 0 Å². The van der Waals surface area contributed by atoms with Gasteiger partial charge in [-0.05, 0) is 39.8 Å². The summed E-state index contributed by atoms with van der Waals surface area (Å²) >= 11 is 5.99. The molecule has 0 atom stereocenters. The third-order valence-corrected chi connectivity index (χ3v) is 3.66. The lowest BCUT2D eigenvalue weighted by atomic mass is 10.1. The third kappa shape index (κ3) is 9.44. The van der Waals surface area contributed by atoms with Crippen molar-refractivity contribution in [2.75, 3.05) is 19.6 Å². The molecule has 0 unspecified atom stereocenters. The maximum atomic E-state index is 11.9. The van der Waals surface area contributed by atoms with Gasteiger partial charge in [-0.25, -0.2) is 4.99 Å². The number of aliphatic imine (C=N–C) groups is 1. The number of nitrogens with zero attached hydrogens (tertiary/aromatic N) is 3. The number of rotatable bonds is 7. The average molecular weight is 535 g/mol. The summed E-state index contributed by atoms with van der Waals surface area (Å²) in [5.41, 5.74) is 0.520. The zero-order valence-electron chi connectivity index (χ0n) is 17.1. The standard InChI is InChI=1S/C19H27ClN6O2.HI/c1-5-21-18(23-12-15(27)25-19(2,3)4)22-10-9-16-24-17(26-28-16)13-7-6-8-14(20)11-13;/h6-8,11H,5,9-10,12H2,1-4H3,(H,25,27)(H2,21,22,23);1H. The maximum Gasteiger partial charge on any atom is 0.242 e. The van der Waals surface area contributed by atoms with E-state index >= 15 is 0 Å². The predicted octanol–water partition coefficient (Wildman–Crippen LogP) is 3.02. The van der Waals surface area contributed by atoms with E-state index in [-0.39, 0.29) is 42.0 Å². The highest BCUT2D eigenvalue weighted by molar-refractivity contribution is 14.0. The molecule has 2 aromatic rings. The molecule has 0 radical (unpaired) electrons. The highest BCUT2D eigenvalue weighted by Gasteiger charge is 2.13. The van der Waals surface area contributed by atoms with Crippen LogP contribution in [0.15, 0.2) is 33.8 Å². The fourth-order valence-corrected chi connectivity index (χ4v) is 2.53. The number of carbonyl (C=O) groups excluding carboxylic acids is 1. The zero-order chi connectivity index (χ0) is 20.6. The summed E-state index contributed by atoms with van der Waals surface area (Å²) in [4.78, 5) is 20.6. The third-order valence-electron chi connectivity index (χ3n) is 3.42. The van der Waals surface area contributed by atoms with E-state index in [4.69, 9.17) is 16.1 Å². The molecule has 0 fully saturated rings. The number of aromatic nitrogens is 2. The van der Waals surface area contributed by atoms with Crippen LogP contribution in [0.25, 0.3) is 11.4 Å². The first-order valence-electron chi connectivity index (χ1n) is 9.18. The molecule has 0 aliphatic heterocycles. The summed E-state index contributed by atoms with van der Waals surface area (Å²) in [6.45, 7) is 9.02. The van der Waals surface area contributed by atoms with E-state index in [1.54, 1.807) is 12.1 Å². The molecule has 0 spiro atoms. The van der Waals surface area contributed by atoms with E-state index < -0.39 is 0 Å². The molecule has 8 nitrogen and oxygen atoms in total. The molecule has 1 aromatic carbocycles. The molecule has 0 saturated carbocycles. The first kappa shape index (κ1) is 25.2. The summed E-state index contributed by atoms with van der Waals surface area (Å²) in [6.07, 6.45) is 0.520. The molecule has 0 saturated heterocycles. The molecular weight excluding hydrogens is 507 g/mol. The normalized spacial score (nSPS) is 11.6. The average Bonchev–Trinajstić information content (AvgIpc) is 3.07. The minimum Gasteiger partial charge on any atom is -0.357 e. The second-order valence-electron chi connectivity index (χ2n) is 7.19. The molecule has 1 heterocycles. The van der Waals surface area contributed by atoms with Crippen LogP contribution in [0.3, 0.4) is 0 Å². The summed E-state index contributed by atoms with van der Waals surface area (Å²) in [6, 6.07) is 7.29. The van der Waals surface area contributed by atoms with Crippen LogP contribution in [0.5, 0.6) is 0 Å². The van der Waals surface area contributed by atoms with Crippen molar-refractivity contribution >= 4 is 47.4 Å². The quantitative estimate of drug-likeness (QED) is 0.287. The Morgan fingerprint density at radius 1 is 1.28 bits per heavy atom. The SMILES string of the molecule is CCNC(=NCC(=O)NC(C)(C)C)NCCc1nc(-c2cccc(Cl)c2)no1.I. The number of hydrogen-bond acceptors (Lipinski definition) is 5. The monoisotopic (exact) mass is 534 g/mol. The van der Waals surface area contributed by atoms with Crippen LogP contribution in [0, 0.1) is 0 Å². The summed E-state index contributed by atoms with van der Waals surface area (Å²) in [5.74, 6) is 1.43. The first-order valence-corrected chi connectivity index (χ1v) is 9.56. The largest absolute Gasteiger partial charge is 0.357 e. The molecule has 10 heteroatoms. The van der Waals surface area contributed by atoms with E-state index in [0.29, 0.717) is 42.2 Å². The van der Waals surface area contributed by atoms with Crippen LogP contribution in [0.1, 0.15) is 33.6 Å². The second kappa shape index (κ2) is 12.0. The Kier molecular flexibility index (Phi) is 10.4. The Bertz CT molecular complexity index is 819. The molecule has 2 rings (SSSR count). The second-order valence-corrected chi connectivity index (χ2v) is 7.63. The minimum atomic E-state index is -0.281. The molecular formula is C19H28ClIN6O2. The molecule has 1 aromatic heterocycles. The Morgan fingerprint density at radius 2 is 2.03 bits per heavy atom. The van der Waals surface area contributed by atoms with Crippen LogP contribution in [0.2, 0.25) is 5.02 Å². The van der Waals surface area contributed by atoms with E-state index in [9.17, 15) is 4.79 Å². The number of nitrogens with one attached hydrogen (secondary N) is 3. The Morgan fingerprint density at radius 3 is 2.69 bits per heavy atom. The van der Waals surface area contributed by atoms with Crippen molar-refractivity contribution in [3.05, 3.63) is 35.2 Å². The van der Waals surface area contributed by atoms with Crippen molar-refractivity contribution in [2.24, 2.45) is 4.99 Å². The molecule has 0 aliphatic rings. The number of carbonyl (C=O) groups is 1. The van der Waals surface area contributed by atoms with Crippen LogP contribution in [-0.4, -0.2) is 47.2 Å². The number of guanidine groups is 1. The maximum absolute atomic E-state index is 11.9. The lowest BCUT2D eigenvalue weighted by Gasteiger charge is -2.20. The fourth-order valence-electron chi connectivity index (χ4n) is 2.34. The summed E-state index contributed by atoms with van der Waals surface area (Å²) in [7, 11) is 0. The van der Waals surface area contributed by atoms with Crippen LogP contribution >= 0.6 is 35.6 Å². The van der Waals surface area contributed by atoms with E-state index in [1.807, 2.05) is 39.8 Å². The predicted molar refractivity (Wildman–Crippen MR) is 126 cm³/mol. The van der Waals surface area contributed by atoms with Gasteiger partial charge in [0.2, 0.25) is 17.6 Å². The van der Waals surface area contributed by atoms with E-state index in [1.165, 1.54) is 0 Å². The van der Waals surface area contributed by atoms with Gasteiger partial charge in [0.05, 0.1) is 0 Å². The van der Waals surface area contributed by atoms with Gasteiger partial charge in [0.25, 0.3) is 0 Å². The molecule has 3 N–H and O–H groups in total. The van der Waals surface area contributed by atoms with Gasteiger partial charge < -0.3 is 20.5 Å². The molecule has 29 heavy (non-hydrogen) atoms. The first-order chi connectivity index (χ1) is 13.3. The van der Waals surface area contributed by atoms with E-state index in [2.05, 4.69) is 31.1 Å². The smallest absolute Gasteiger partial charge is 0.242 e. The van der Waals surface area contributed by atoms with Gasteiger partial charge in [-0.1, -0.05) is 28.9 Å². The van der Waals surface area contributed by atoms with Gasteiger partial charge in [-0.2, -0.15) is 4.98 Å². The molecule has 0 bridgehead atoms. The van der Waals surface area contributed by atoms with Crippen molar-refractivity contribution < 1.29 is 9.32 Å². The fraction of sp³-hybridized carbons (Fsp3) is 0.474. The van der Waals surface area contributed by atoms with Crippen molar-refractivity contribution in [1.29, 1.82) is 0 Å². The minimum absolute atomic E-state index is 0. The van der Waals surface area contributed by atoms with Gasteiger partial charge in [0, 0.05) is 35.6 Å². The zero-order valence-corrected chi connectivity index (χ0v) is 20.2. The highest BCUT2D eigenvalue weighted by Crippen LogP contribution is 2.19. The Hall–Kier alpha value is -1.88. The van der Waals surface area contributed by atoms with Crippen LogP contribution < -0.4 is 16.0 Å². The number of halogens is 2. The van der Waals surface area contributed by atoms with Crippen molar-refractivity contribution in [2.45, 2.75) is 39.7 Å². The molecule has 160 valence electrons. The van der Waals surface area contributed by atoms with Gasteiger partial charge >= 0.3 is 0 Å². The van der Waals surface area contributed by atoms with Crippen LogP contribution in [-0.2, 0) is 11.2 Å². The van der Waals surface area contributed by atoms with E-state index in [0.717, 1.165) is 5.56 Å². The summed E-state index contributed by atoms with van der Waals surface area (Å²) in [5, 5.41) is 13.7. The number of amides is 1. The van der Waals surface area contributed by atoms with Crippen LogP contribution in [0.4, 0.5) is 0 Å². The summed E-state index contributed by atoms with van der Waals surface area (Å²) < 4.78 is 5.29. The lowest BCUT2D eigenvalue weighted by Crippen LogP contribution is -2.43. The van der Waals surface area contributed by atoms with Crippen molar-refractivity contribution in [3.8, 4) is 11.4 Å². The van der Waals surface area contributed by atoms with Crippen molar-refractivity contribution in [1.82, 2.24) is 26.1 Å². The van der Waals surface area contributed by atoms with Gasteiger partial charge in [-0.15, -0.1) is 24.0 Å². The van der Waals surface area contributed by atoms with Gasteiger partial charge in [0.15, 0.2) is 5.96 Å². The molecule has 0 aliphatic carbocycles. The Labute approximate surface area is 193 Å². The van der Waals surface area contributed by atoms with Gasteiger partial charge in [-0.3, -0.25) is 4.79 Å². The topological polar surface area (TPSA) is 104 Å². The molecule has 1 amide bonds. The number of benzene rings is 1. The highest BCUT2D eigenvalue weighted by atomic mass is 127. The Balaban J connectivity index is 0.00000420.